The van der Waals surface area contributed by atoms with Gasteiger partial charge in [-0.25, -0.2) is 0 Å². The van der Waals surface area contributed by atoms with E-state index in [2.05, 4.69) is 49.7 Å². The van der Waals surface area contributed by atoms with Gasteiger partial charge in [-0.2, -0.15) is 13.2 Å². The number of nitrogens with zero attached hydrogens (tertiary/aromatic N) is 5. The van der Waals surface area contributed by atoms with Crippen molar-refractivity contribution in [1.82, 2.24) is 20.1 Å². The van der Waals surface area contributed by atoms with Crippen molar-refractivity contribution < 1.29 is 22.7 Å². The number of nitrogens with one attached hydrogen (secondary N) is 1. The van der Waals surface area contributed by atoms with Gasteiger partial charge in [-0.3, -0.25) is 9.78 Å². The van der Waals surface area contributed by atoms with Crippen molar-refractivity contribution in [2.45, 2.75) is 32.7 Å². The molecule has 1 aliphatic rings. The second-order valence-electron chi connectivity index (χ2n) is 8.55. The van der Waals surface area contributed by atoms with E-state index >= 15 is 0 Å². The summed E-state index contributed by atoms with van der Waals surface area (Å²) in [5.74, 6) is 0.932. The maximum atomic E-state index is 12.6. The van der Waals surface area contributed by atoms with Crippen molar-refractivity contribution in [1.29, 1.82) is 0 Å². The molecular formula is C25H27F3N6O2. The molecule has 0 radical (unpaired) electrons. The third kappa shape index (κ3) is 6.41. The van der Waals surface area contributed by atoms with Crippen molar-refractivity contribution in [3.8, 4) is 5.88 Å². The molecule has 1 N–H and O–H groups in total. The summed E-state index contributed by atoms with van der Waals surface area (Å²) in [5.41, 5.74) is 1.75. The molecule has 0 spiro atoms. The average Bonchev–Trinajstić information content (AvgIpc) is 2.88. The topological polar surface area (TPSA) is 83.5 Å². The van der Waals surface area contributed by atoms with Crippen molar-refractivity contribution in [3.63, 3.8) is 0 Å². The van der Waals surface area contributed by atoms with Gasteiger partial charge in [-0.05, 0) is 36.8 Å². The molecule has 1 aromatic carbocycles. The molecule has 0 unspecified atom stereocenters. The maximum Gasteiger partial charge on any atom is 0.433 e. The van der Waals surface area contributed by atoms with Crippen LogP contribution in [0.15, 0.2) is 54.7 Å². The first-order chi connectivity index (χ1) is 17.2. The summed E-state index contributed by atoms with van der Waals surface area (Å²) in [6.45, 7) is 6.73. The highest BCUT2D eigenvalue weighted by Gasteiger charge is 2.32. The number of rotatable bonds is 7. The van der Waals surface area contributed by atoms with E-state index in [4.69, 9.17) is 4.74 Å². The number of hydrogen-bond donors (Lipinski definition) is 1. The molecule has 11 heteroatoms. The first-order valence-corrected chi connectivity index (χ1v) is 11.5. The van der Waals surface area contributed by atoms with Crippen molar-refractivity contribution in [2.75, 3.05) is 36.4 Å². The number of hydrogen-bond acceptors (Lipinski definition) is 7. The zero-order chi connectivity index (χ0) is 25.7. The van der Waals surface area contributed by atoms with Crippen molar-refractivity contribution >= 4 is 17.4 Å². The molecule has 36 heavy (non-hydrogen) atoms. The van der Waals surface area contributed by atoms with Crippen LogP contribution in [0.1, 0.15) is 36.7 Å². The summed E-state index contributed by atoms with van der Waals surface area (Å²) in [6, 6.07) is 13.9. The lowest BCUT2D eigenvalue weighted by atomic mass is 10.1. The quantitative estimate of drug-likeness (QED) is 0.518. The molecule has 1 fully saturated rings. The molecule has 0 bridgehead atoms. The number of aromatic nitrogens is 3. The number of halogens is 3. The highest BCUT2D eigenvalue weighted by molar-refractivity contribution is 5.73. The first kappa shape index (κ1) is 25.2. The van der Waals surface area contributed by atoms with Crippen LogP contribution in [0, 0.1) is 0 Å². The molecule has 3 aromatic rings. The Kier molecular flexibility index (Phi) is 7.56. The third-order valence-electron chi connectivity index (χ3n) is 5.99. The van der Waals surface area contributed by atoms with Crippen molar-refractivity contribution in [3.05, 3.63) is 71.5 Å². The third-order valence-corrected chi connectivity index (χ3v) is 5.99. The molecule has 1 aliphatic heterocycles. The Morgan fingerprint density at radius 3 is 2.31 bits per heavy atom. The van der Waals surface area contributed by atoms with Crippen LogP contribution in [0.25, 0.3) is 0 Å². The van der Waals surface area contributed by atoms with Gasteiger partial charge in [0.25, 0.3) is 0 Å². The lowest BCUT2D eigenvalue weighted by molar-refractivity contribution is -0.141. The lowest BCUT2D eigenvalue weighted by Crippen LogP contribution is -2.48. The smallest absolute Gasteiger partial charge is 0.433 e. The number of benzene rings is 1. The van der Waals surface area contributed by atoms with Crippen LogP contribution >= 0.6 is 0 Å². The van der Waals surface area contributed by atoms with E-state index in [-0.39, 0.29) is 24.4 Å². The Labute approximate surface area is 207 Å². The van der Waals surface area contributed by atoms with E-state index in [9.17, 15) is 18.0 Å². The van der Waals surface area contributed by atoms with Crippen LogP contribution in [0.5, 0.6) is 5.88 Å². The van der Waals surface area contributed by atoms with Gasteiger partial charge in [0.05, 0.1) is 6.04 Å². The number of carbonyl (C=O) groups is 1. The predicted octanol–water partition coefficient (Wildman–Crippen LogP) is 4.31. The van der Waals surface area contributed by atoms with Gasteiger partial charge in [0.1, 0.15) is 18.1 Å². The van der Waals surface area contributed by atoms with Crippen LogP contribution in [-0.4, -0.2) is 52.2 Å². The molecule has 0 aliphatic carbocycles. The van der Waals surface area contributed by atoms with Gasteiger partial charge in [-0.15, -0.1) is 10.2 Å². The molecule has 1 saturated heterocycles. The van der Waals surface area contributed by atoms with E-state index in [0.717, 1.165) is 49.7 Å². The summed E-state index contributed by atoms with van der Waals surface area (Å²) >= 11 is 0. The second-order valence-corrected chi connectivity index (χ2v) is 8.55. The largest absolute Gasteiger partial charge is 0.472 e. The van der Waals surface area contributed by atoms with Crippen LogP contribution in [0.3, 0.4) is 0 Å². The van der Waals surface area contributed by atoms with Gasteiger partial charge in [0, 0.05) is 56.6 Å². The van der Waals surface area contributed by atoms with E-state index in [1.54, 1.807) is 19.1 Å². The van der Waals surface area contributed by atoms with E-state index < -0.39 is 11.9 Å². The van der Waals surface area contributed by atoms with Gasteiger partial charge in [0.15, 0.2) is 0 Å². The van der Waals surface area contributed by atoms with Gasteiger partial charge in [0.2, 0.25) is 11.8 Å². The average molecular weight is 501 g/mol. The van der Waals surface area contributed by atoms with E-state index in [0.29, 0.717) is 11.4 Å². The number of piperazine rings is 1. The number of carbonyl (C=O) groups excluding carboxylic acids is 1. The minimum absolute atomic E-state index is 0.0205. The van der Waals surface area contributed by atoms with Crippen LogP contribution in [0.4, 0.5) is 24.7 Å². The number of alkyl halides is 3. The molecule has 3 heterocycles. The summed E-state index contributed by atoms with van der Waals surface area (Å²) < 4.78 is 43.3. The summed E-state index contributed by atoms with van der Waals surface area (Å²) in [4.78, 5) is 19.1. The number of pyridine rings is 1. The van der Waals surface area contributed by atoms with Crippen LogP contribution in [-0.2, 0) is 17.6 Å². The lowest BCUT2D eigenvalue weighted by Gasteiger charge is -2.35. The van der Waals surface area contributed by atoms with Gasteiger partial charge >= 0.3 is 6.18 Å². The highest BCUT2D eigenvalue weighted by atomic mass is 19.4. The highest BCUT2D eigenvalue weighted by Crippen LogP contribution is 2.27. The summed E-state index contributed by atoms with van der Waals surface area (Å²) in [5, 5.41) is 11.4. The standard InChI is InChI=1S/C25H27F3N6O2/c1-17(20-4-6-21(7-5-20)34-13-11-33(12-14-34)18(2)35)30-23-9-10-24(32-31-23)36-16-19-3-8-22(29-15-19)25(26,27)28/h3-10,15,17H,11-14,16H2,1-2H3,(H,30,31)/t17-/m0/s1. The Hall–Kier alpha value is -3.89. The minimum Gasteiger partial charge on any atom is -0.472 e. The fourth-order valence-corrected chi connectivity index (χ4v) is 3.87. The molecule has 2 aromatic heterocycles. The SMILES string of the molecule is CC(=O)N1CCN(c2ccc([C@H](C)Nc3ccc(OCc4ccc(C(F)(F)F)nc4)nn3)cc2)CC1. The van der Waals surface area contributed by atoms with Crippen LogP contribution < -0.4 is 15.0 Å². The Balaban J connectivity index is 1.27. The summed E-state index contributed by atoms with van der Waals surface area (Å²) in [6.07, 6.45) is -3.34. The molecular weight excluding hydrogens is 473 g/mol. The number of amides is 1. The molecule has 0 saturated carbocycles. The molecule has 8 nitrogen and oxygen atoms in total. The molecule has 4 rings (SSSR count). The fourth-order valence-electron chi connectivity index (χ4n) is 3.87. The van der Waals surface area contributed by atoms with E-state index in [1.165, 1.54) is 6.07 Å². The zero-order valence-electron chi connectivity index (χ0n) is 20.0. The van der Waals surface area contributed by atoms with Crippen LogP contribution in [0.2, 0.25) is 0 Å². The zero-order valence-corrected chi connectivity index (χ0v) is 20.0. The minimum atomic E-state index is -4.47. The Bertz CT molecular complexity index is 1150. The Morgan fingerprint density at radius 2 is 1.75 bits per heavy atom. The predicted molar refractivity (Wildman–Crippen MR) is 129 cm³/mol. The molecule has 1 atom stereocenters. The molecule has 1 amide bonds. The molecule has 190 valence electrons. The van der Waals surface area contributed by atoms with Gasteiger partial charge in [-0.1, -0.05) is 18.2 Å². The normalized spacial score (nSPS) is 14.9. The fraction of sp³-hybridized carbons (Fsp3) is 0.360. The monoisotopic (exact) mass is 500 g/mol. The maximum absolute atomic E-state index is 12.6. The van der Waals surface area contributed by atoms with Gasteiger partial charge < -0.3 is 19.9 Å². The number of anilines is 2. The first-order valence-electron chi connectivity index (χ1n) is 11.5. The van der Waals surface area contributed by atoms with E-state index in [1.807, 2.05) is 11.8 Å². The number of ether oxygens (including phenoxy) is 1. The second kappa shape index (κ2) is 10.8. The summed E-state index contributed by atoms with van der Waals surface area (Å²) in [7, 11) is 0. The Morgan fingerprint density at radius 1 is 1.03 bits per heavy atom. The van der Waals surface area contributed by atoms with Crippen molar-refractivity contribution in [2.24, 2.45) is 0 Å².